The molecule has 0 radical (unpaired) electrons. The van der Waals surface area contributed by atoms with Crippen molar-refractivity contribution in [3.63, 3.8) is 0 Å². The van der Waals surface area contributed by atoms with E-state index in [2.05, 4.69) is 10.1 Å². The standard InChI is InChI=1S/C16H12ClF4NO2.ClH/c17-13-6-10(18)2-3-12(13)9-1-4-14(23-11-7-22-8-11)15(5-9)24-16(19,20)21;/h1-6,11,22H,7-8H2;1H. The summed E-state index contributed by atoms with van der Waals surface area (Å²) < 4.78 is 60.7. The molecule has 2 aromatic rings. The minimum Gasteiger partial charge on any atom is -0.484 e. The second-order valence-corrected chi connectivity index (χ2v) is 5.64. The van der Waals surface area contributed by atoms with Crippen LogP contribution in [0, 0.1) is 5.82 Å². The molecule has 0 amide bonds. The van der Waals surface area contributed by atoms with Gasteiger partial charge < -0.3 is 14.8 Å². The Morgan fingerprint density at radius 2 is 1.76 bits per heavy atom. The fraction of sp³-hybridized carbons (Fsp3) is 0.250. The van der Waals surface area contributed by atoms with Crippen LogP contribution in [0.4, 0.5) is 17.6 Å². The molecular weight excluding hydrogens is 385 g/mol. The van der Waals surface area contributed by atoms with Crippen LogP contribution < -0.4 is 14.8 Å². The van der Waals surface area contributed by atoms with Crippen molar-refractivity contribution >= 4 is 24.0 Å². The van der Waals surface area contributed by atoms with E-state index in [4.69, 9.17) is 16.3 Å². The summed E-state index contributed by atoms with van der Waals surface area (Å²) in [5.74, 6) is -1.01. The lowest BCUT2D eigenvalue weighted by molar-refractivity contribution is -0.275. The number of nitrogens with one attached hydrogen (secondary N) is 1. The molecule has 25 heavy (non-hydrogen) atoms. The topological polar surface area (TPSA) is 30.5 Å². The second kappa shape index (κ2) is 7.68. The summed E-state index contributed by atoms with van der Waals surface area (Å²) in [5, 5.41) is 3.05. The predicted octanol–water partition coefficient (Wildman–Crippen LogP) is 4.82. The first-order valence-electron chi connectivity index (χ1n) is 7.04. The molecule has 1 saturated heterocycles. The van der Waals surface area contributed by atoms with Gasteiger partial charge in [-0.2, -0.15) is 0 Å². The number of rotatable bonds is 4. The summed E-state index contributed by atoms with van der Waals surface area (Å²) >= 11 is 5.96. The van der Waals surface area contributed by atoms with E-state index in [1.165, 1.54) is 24.3 Å². The SMILES string of the molecule is Cl.Fc1ccc(-c2ccc(OC3CNC3)c(OC(F)(F)F)c2)c(Cl)c1. The van der Waals surface area contributed by atoms with Gasteiger partial charge in [-0.15, -0.1) is 25.6 Å². The molecule has 0 spiro atoms. The molecule has 0 bridgehead atoms. The van der Waals surface area contributed by atoms with E-state index in [1.807, 2.05) is 0 Å². The van der Waals surface area contributed by atoms with Gasteiger partial charge in [0.25, 0.3) is 0 Å². The molecule has 1 fully saturated rings. The van der Waals surface area contributed by atoms with Crippen molar-refractivity contribution in [2.45, 2.75) is 12.5 Å². The maximum absolute atomic E-state index is 13.1. The van der Waals surface area contributed by atoms with Crippen molar-refractivity contribution in [1.82, 2.24) is 5.32 Å². The Kier molecular flexibility index (Phi) is 6.03. The average molecular weight is 398 g/mol. The van der Waals surface area contributed by atoms with Gasteiger partial charge in [0.15, 0.2) is 11.5 Å². The summed E-state index contributed by atoms with van der Waals surface area (Å²) in [5.41, 5.74) is 0.750. The highest BCUT2D eigenvalue weighted by Crippen LogP contribution is 2.38. The van der Waals surface area contributed by atoms with Crippen molar-refractivity contribution in [2.75, 3.05) is 13.1 Å². The Labute approximate surface area is 152 Å². The van der Waals surface area contributed by atoms with E-state index in [9.17, 15) is 17.6 Å². The zero-order valence-electron chi connectivity index (χ0n) is 12.6. The Balaban J connectivity index is 0.00000225. The fourth-order valence-electron chi connectivity index (χ4n) is 2.23. The van der Waals surface area contributed by atoms with E-state index in [1.54, 1.807) is 6.07 Å². The van der Waals surface area contributed by atoms with E-state index in [0.717, 1.165) is 6.07 Å². The molecule has 1 heterocycles. The summed E-state index contributed by atoms with van der Waals surface area (Å²) in [6.07, 6.45) is -5.07. The van der Waals surface area contributed by atoms with Crippen LogP contribution >= 0.6 is 24.0 Å². The average Bonchev–Trinajstić information content (AvgIpc) is 2.42. The largest absolute Gasteiger partial charge is 0.573 e. The van der Waals surface area contributed by atoms with Crippen LogP contribution in [0.25, 0.3) is 11.1 Å². The molecule has 136 valence electrons. The Morgan fingerprint density at radius 3 is 2.32 bits per heavy atom. The molecule has 3 rings (SSSR count). The van der Waals surface area contributed by atoms with Crippen molar-refractivity contribution in [3.05, 3.63) is 47.2 Å². The lowest BCUT2D eigenvalue weighted by Crippen LogP contribution is -2.50. The maximum Gasteiger partial charge on any atom is 0.573 e. The molecule has 0 unspecified atom stereocenters. The molecule has 9 heteroatoms. The molecular formula is C16H13Cl2F4NO2. The lowest BCUT2D eigenvalue weighted by atomic mass is 10.0. The molecule has 3 nitrogen and oxygen atoms in total. The van der Waals surface area contributed by atoms with E-state index < -0.39 is 17.9 Å². The highest BCUT2D eigenvalue weighted by Gasteiger charge is 2.33. The third kappa shape index (κ3) is 4.90. The third-order valence-electron chi connectivity index (χ3n) is 3.45. The van der Waals surface area contributed by atoms with Gasteiger partial charge in [0, 0.05) is 18.7 Å². The van der Waals surface area contributed by atoms with Crippen LogP contribution in [0.1, 0.15) is 0 Å². The number of benzene rings is 2. The van der Waals surface area contributed by atoms with E-state index in [0.29, 0.717) is 24.2 Å². The number of alkyl halides is 3. The Bertz CT molecular complexity index is 751. The second-order valence-electron chi connectivity index (χ2n) is 5.23. The van der Waals surface area contributed by atoms with Crippen LogP contribution in [0.2, 0.25) is 5.02 Å². The molecule has 1 aliphatic rings. The van der Waals surface area contributed by atoms with Crippen molar-refractivity contribution in [1.29, 1.82) is 0 Å². The highest BCUT2D eigenvalue weighted by atomic mass is 35.5. The Hall–Kier alpha value is -1.70. The zero-order chi connectivity index (χ0) is 17.3. The predicted molar refractivity (Wildman–Crippen MR) is 88.1 cm³/mol. The zero-order valence-corrected chi connectivity index (χ0v) is 14.1. The molecule has 0 atom stereocenters. The van der Waals surface area contributed by atoms with Gasteiger partial charge in [-0.1, -0.05) is 17.7 Å². The van der Waals surface area contributed by atoms with Gasteiger partial charge in [-0.3, -0.25) is 0 Å². The number of hydrogen-bond acceptors (Lipinski definition) is 3. The molecule has 0 saturated carbocycles. The van der Waals surface area contributed by atoms with E-state index in [-0.39, 0.29) is 29.3 Å². The molecule has 1 aliphatic heterocycles. The molecule has 0 aromatic heterocycles. The maximum atomic E-state index is 13.1. The normalized spacial score (nSPS) is 14.4. The first kappa shape index (κ1) is 19.6. The van der Waals surface area contributed by atoms with Crippen LogP contribution in [-0.2, 0) is 0 Å². The Morgan fingerprint density at radius 1 is 1.04 bits per heavy atom. The smallest absolute Gasteiger partial charge is 0.484 e. The van der Waals surface area contributed by atoms with Gasteiger partial charge >= 0.3 is 6.36 Å². The van der Waals surface area contributed by atoms with Crippen LogP contribution in [0.15, 0.2) is 36.4 Å². The number of hydrogen-bond donors (Lipinski definition) is 1. The first-order chi connectivity index (χ1) is 11.3. The monoisotopic (exact) mass is 397 g/mol. The van der Waals surface area contributed by atoms with Crippen LogP contribution in [0.5, 0.6) is 11.5 Å². The quantitative estimate of drug-likeness (QED) is 0.750. The summed E-state index contributed by atoms with van der Waals surface area (Å²) in [6, 6.07) is 7.76. The van der Waals surface area contributed by atoms with E-state index >= 15 is 0 Å². The molecule has 1 N–H and O–H groups in total. The third-order valence-corrected chi connectivity index (χ3v) is 3.76. The highest BCUT2D eigenvalue weighted by molar-refractivity contribution is 6.33. The summed E-state index contributed by atoms with van der Waals surface area (Å²) in [6.45, 7) is 1.11. The number of halogens is 6. The van der Waals surface area contributed by atoms with Crippen LogP contribution in [0.3, 0.4) is 0 Å². The minimum atomic E-state index is -4.86. The van der Waals surface area contributed by atoms with Gasteiger partial charge in [0.05, 0.1) is 5.02 Å². The van der Waals surface area contributed by atoms with Gasteiger partial charge in [0.1, 0.15) is 11.9 Å². The fourth-order valence-corrected chi connectivity index (χ4v) is 2.50. The molecule has 2 aromatic carbocycles. The van der Waals surface area contributed by atoms with Gasteiger partial charge in [-0.05, 0) is 35.9 Å². The van der Waals surface area contributed by atoms with Crippen molar-refractivity contribution < 1.29 is 27.0 Å². The van der Waals surface area contributed by atoms with Crippen molar-refractivity contribution in [3.8, 4) is 22.6 Å². The van der Waals surface area contributed by atoms with Gasteiger partial charge in [-0.25, -0.2) is 4.39 Å². The lowest BCUT2D eigenvalue weighted by Gasteiger charge is -2.28. The van der Waals surface area contributed by atoms with Gasteiger partial charge in [0.2, 0.25) is 0 Å². The van der Waals surface area contributed by atoms with Crippen LogP contribution in [-0.4, -0.2) is 25.6 Å². The first-order valence-corrected chi connectivity index (χ1v) is 7.42. The summed E-state index contributed by atoms with van der Waals surface area (Å²) in [4.78, 5) is 0. The number of ether oxygens (including phenoxy) is 2. The summed E-state index contributed by atoms with van der Waals surface area (Å²) in [7, 11) is 0. The molecule has 0 aliphatic carbocycles. The minimum absolute atomic E-state index is 0. The van der Waals surface area contributed by atoms with Crippen molar-refractivity contribution in [2.24, 2.45) is 0 Å².